The number of aromatic nitrogens is 2. The van der Waals surface area contributed by atoms with Crippen molar-refractivity contribution in [2.45, 2.75) is 20.4 Å². The molecule has 1 aliphatic heterocycles. The van der Waals surface area contributed by atoms with E-state index in [0.717, 1.165) is 24.2 Å². The summed E-state index contributed by atoms with van der Waals surface area (Å²) in [6, 6.07) is 13.1. The predicted octanol–water partition coefficient (Wildman–Crippen LogP) is 1.52. The van der Waals surface area contributed by atoms with Gasteiger partial charge in [0.25, 0.3) is 5.56 Å². The number of nitrogens with zero attached hydrogens (tertiary/aromatic N) is 4. The topological polar surface area (TPSA) is 84.6 Å². The molecule has 2 heterocycles. The third-order valence-corrected chi connectivity index (χ3v) is 6.05. The number of hydrogen-bond acceptors (Lipinski definition) is 5. The molecule has 8 nitrogen and oxygen atoms in total. The number of Topliss-reactive ketones (excluding diaryl/α,β-unsaturated/α-hetero) is 1. The second kappa shape index (κ2) is 8.92. The van der Waals surface area contributed by atoms with Crippen LogP contribution in [0, 0.1) is 0 Å². The number of para-hydroxylation sites is 1. The van der Waals surface area contributed by atoms with E-state index in [1.807, 2.05) is 0 Å². The van der Waals surface area contributed by atoms with Gasteiger partial charge >= 0.3 is 5.69 Å². The lowest BCUT2D eigenvalue weighted by molar-refractivity contribution is -0.133. The van der Waals surface area contributed by atoms with Crippen molar-refractivity contribution in [1.29, 1.82) is 0 Å². The van der Waals surface area contributed by atoms with Crippen molar-refractivity contribution in [3.8, 4) is 5.69 Å². The van der Waals surface area contributed by atoms with E-state index in [0.29, 0.717) is 35.2 Å². The van der Waals surface area contributed by atoms with Gasteiger partial charge in [-0.2, -0.15) is 0 Å². The van der Waals surface area contributed by atoms with Crippen LogP contribution in [0.15, 0.2) is 58.1 Å². The first-order chi connectivity index (χ1) is 15.4. The van der Waals surface area contributed by atoms with Crippen molar-refractivity contribution in [2.75, 3.05) is 32.7 Å². The quantitative estimate of drug-likeness (QED) is 0.569. The number of amides is 1. The van der Waals surface area contributed by atoms with Crippen LogP contribution in [0.2, 0.25) is 0 Å². The summed E-state index contributed by atoms with van der Waals surface area (Å²) in [4.78, 5) is 55.2. The normalized spacial score (nSPS) is 14.6. The van der Waals surface area contributed by atoms with Crippen LogP contribution in [-0.4, -0.2) is 63.3 Å². The maximum Gasteiger partial charge on any atom is 0.336 e. The van der Waals surface area contributed by atoms with E-state index >= 15 is 0 Å². The van der Waals surface area contributed by atoms with Gasteiger partial charge in [-0.05, 0) is 49.9 Å². The van der Waals surface area contributed by atoms with Gasteiger partial charge in [-0.25, -0.2) is 9.36 Å². The van der Waals surface area contributed by atoms with Crippen molar-refractivity contribution in [3.63, 3.8) is 0 Å². The fourth-order valence-corrected chi connectivity index (χ4v) is 4.10. The molecule has 3 aromatic rings. The Bertz CT molecular complexity index is 1280. The van der Waals surface area contributed by atoms with Gasteiger partial charge in [-0.15, -0.1) is 0 Å². The monoisotopic (exact) mass is 434 g/mol. The summed E-state index contributed by atoms with van der Waals surface area (Å²) in [7, 11) is 0. The highest BCUT2D eigenvalue weighted by Gasteiger charge is 2.23. The molecule has 0 saturated carbocycles. The van der Waals surface area contributed by atoms with Crippen LogP contribution in [-0.2, 0) is 11.3 Å². The van der Waals surface area contributed by atoms with Crippen molar-refractivity contribution >= 4 is 22.6 Å². The van der Waals surface area contributed by atoms with Crippen LogP contribution < -0.4 is 11.2 Å². The van der Waals surface area contributed by atoms with Crippen LogP contribution in [0.1, 0.15) is 24.2 Å². The third kappa shape index (κ3) is 4.01. The van der Waals surface area contributed by atoms with Crippen LogP contribution in [0.4, 0.5) is 0 Å². The van der Waals surface area contributed by atoms with Crippen molar-refractivity contribution in [3.05, 3.63) is 74.9 Å². The summed E-state index contributed by atoms with van der Waals surface area (Å²) in [6.07, 6.45) is 0. The number of fused-ring (bicyclic) bond motifs is 1. The maximum atomic E-state index is 13.4. The number of carbonyl (C=O) groups is 2. The lowest BCUT2D eigenvalue weighted by atomic mass is 10.1. The lowest BCUT2D eigenvalue weighted by Gasteiger charge is -2.34. The van der Waals surface area contributed by atoms with E-state index < -0.39 is 11.2 Å². The molecule has 2 aromatic carbocycles. The molecular weight excluding hydrogens is 408 g/mol. The van der Waals surface area contributed by atoms with Gasteiger partial charge in [0.2, 0.25) is 5.91 Å². The van der Waals surface area contributed by atoms with Crippen LogP contribution in [0.3, 0.4) is 0 Å². The molecule has 1 fully saturated rings. The number of hydrogen-bond donors (Lipinski definition) is 0. The second-order valence-corrected chi connectivity index (χ2v) is 7.94. The molecule has 0 radical (unpaired) electrons. The van der Waals surface area contributed by atoms with E-state index in [2.05, 4.69) is 11.8 Å². The number of carbonyl (C=O) groups excluding carboxylic acids is 2. The minimum absolute atomic E-state index is 0.103. The number of rotatable bonds is 5. The Kier molecular flexibility index (Phi) is 6.05. The van der Waals surface area contributed by atoms with E-state index in [-0.39, 0.29) is 18.2 Å². The molecule has 1 aliphatic rings. The van der Waals surface area contributed by atoms with Crippen LogP contribution in [0.5, 0.6) is 0 Å². The van der Waals surface area contributed by atoms with Gasteiger partial charge in [0, 0.05) is 31.7 Å². The van der Waals surface area contributed by atoms with E-state index in [1.165, 1.54) is 11.5 Å². The Morgan fingerprint density at radius 3 is 2.19 bits per heavy atom. The molecule has 32 heavy (non-hydrogen) atoms. The molecule has 4 rings (SSSR count). The summed E-state index contributed by atoms with van der Waals surface area (Å²) < 4.78 is 2.43. The number of ketones is 1. The molecule has 1 aromatic heterocycles. The molecule has 0 N–H and O–H groups in total. The highest BCUT2D eigenvalue weighted by molar-refractivity contribution is 5.94. The van der Waals surface area contributed by atoms with Gasteiger partial charge in [-0.3, -0.25) is 19.0 Å². The fourth-order valence-electron chi connectivity index (χ4n) is 4.10. The Hall–Kier alpha value is -3.52. The third-order valence-electron chi connectivity index (χ3n) is 6.05. The molecule has 8 heteroatoms. The Balaban J connectivity index is 1.77. The highest BCUT2D eigenvalue weighted by atomic mass is 16.2. The molecule has 0 spiro atoms. The zero-order chi connectivity index (χ0) is 22.8. The SMILES string of the molecule is CCN1CCN(C(=O)Cn2c(=O)n(-c3ccc(C(C)=O)cc3)c(=O)c3ccccc32)CC1. The van der Waals surface area contributed by atoms with Crippen LogP contribution in [0.25, 0.3) is 16.6 Å². The first-order valence-corrected chi connectivity index (χ1v) is 10.8. The molecule has 1 saturated heterocycles. The first kappa shape index (κ1) is 21.7. The van der Waals surface area contributed by atoms with Gasteiger partial charge < -0.3 is 9.80 Å². The van der Waals surface area contributed by atoms with Gasteiger partial charge in [0.1, 0.15) is 6.54 Å². The summed E-state index contributed by atoms with van der Waals surface area (Å²) in [5.74, 6) is -0.251. The largest absolute Gasteiger partial charge is 0.339 e. The number of piperazine rings is 1. The standard InChI is InChI=1S/C24H26N4O4/c1-3-25-12-14-26(15-13-25)22(30)16-27-21-7-5-4-6-20(21)23(31)28(24(27)32)19-10-8-18(9-11-19)17(2)29/h4-11H,3,12-16H2,1-2H3. The zero-order valence-electron chi connectivity index (χ0n) is 18.3. The molecule has 0 unspecified atom stereocenters. The smallest absolute Gasteiger partial charge is 0.336 e. The first-order valence-electron chi connectivity index (χ1n) is 10.8. The summed E-state index contributed by atoms with van der Waals surface area (Å²) in [6.45, 7) is 7.19. The van der Waals surface area contributed by atoms with Gasteiger partial charge in [0.05, 0.1) is 16.6 Å². The van der Waals surface area contributed by atoms with Crippen LogP contribution >= 0.6 is 0 Å². The Morgan fingerprint density at radius 2 is 1.56 bits per heavy atom. The summed E-state index contributed by atoms with van der Waals surface area (Å²) >= 11 is 0. The van der Waals surface area contributed by atoms with E-state index in [9.17, 15) is 19.2 Å². The molecule has 0 aliphatic carbocycles. The van der Waals surface area contributed by atoms with Gasteiger partial charge in [0.15, 0.2) is 5.78 Å². The van der Waals surface area contributed by atoms with Crippen molar-refractivity contribution in [2.24, 2.45) is 0 Å². The minimum Gasteiger partial charge on any atom is -0.339 e. The second-order valence-electron chi connectivity index (χ2n) is 7.94. The summed E-state index contributed by atoms with van der Waals surface area (Å²) in [5, 5.41) is 0.353. The molecular formula is C24H26N4O4. The Labute approximate surface area is 185 Å². The Morgan fingerprint density at radius 1 is 0.906 bits per heavy atom. The average molecular weight is 434 g/mol. The lowest BCUT2D eigenvalue weighted by Crippen LogP contribution is -2.50. The fraction of sp³-hybridized carbons (Fsp3) is 0.333. The minimum atomic E-state index is -0.579. The van der Waals surface area contributed by atoms with Crippen molar-refractivity contribution < 1.29 is 9.59 Å². The molecule has 1 amide bonds. The van der Waals surface area contributed by atoms with E-state index in [4.69, 9.17) is 0 Å². The molecule has 0 bridgehead atoms. The maximum absolute atomic E-state index is 13.4. The number of likely N-dealkylation sites (N-methyl/N-ethyl adjacent to an activating group) is 1. The number of benzene rings is 2. The molecule has 0 atom stereocenters. The average Bonchev–Trinajstić information content (AvgIpc) is 2.82. The summed E-state index contributed by atoms with van der Waals surface area (Å²) in [5.41, 5.74) is 0.240. The van der Waals surface area contributed by atoms with E-state index in [1.54, 1.807) is 53.4 Å². The predicted molar refractivity (Wildman–Crippen MR) is 123 cm³/mol. The van der Waals surface area contributed by atoms with Crippen molar-refractivity contribution in [1.82, 2.24) is 18.9 Å². The van der Waals surface area contributed by atoms with Gasteiger partial charge in [-0.1, -0.05) is 19.1 Å². The molecule has 166 valence electrons. The zero-order valence-corrected chi connectivity index (χ0v) is 18.3. The highest BCUT2D eigenvalue weighted by Crippen LogP contribution is 2.12.